The maximum atomic E-state index is 12.0. The Morgan fingerprint density at radius 1 is 0.909 bits per heavy atom. The molecule has 3 aromatic rings. The second-order valence-corrected chi connectivity index (χ2v) is 7.93. The minimum atomic E-state index is -0.941. The van der Waals surface area contributed by atoms with Crippen molar-refractivity contribution in [3.8, 4) is 5.75 Å². The normalized spacial score (nSPS) is 10.5. The van der Waals surface area contributed by atoms with E-state index < -0.39 is 11.8 Å². The summed E-state index contributed by atoms with van der Waals surface area (Å²) in [5.74, 6) is -1.70. The molecule has 3 N–H and O–H groups in total. The van der Waals surface area contributed by atoms with E-state index in [1.165, 1.54) is 12.3 Å². The molecule has 0 aliphatic rings. The number of anilines is 2. The monoisotopic (exact) mass is 528 g/mol. The van der Waals surface area contributed by atoms with Crippen molar-refractivity contribution < 1.29 is 19.1 Å². The zero-order valence-electron chi connectivity index (χ0n) is 17.0. The summed E-state index contributed by atoms with van der Waals surface area (Å²) < 4.78 is 6.41. The van der Waals surface area contributed by atoms with Crippen LogP contribution in [-0.2, 0) is 14.4 Å². The molecule has 0 bridgehead atoms. The Morgan fingerprint density at radius 2 is 1.67 bits per heavy atom. The number of carbonyl (C=O) groups excluding carboxylic acids is 3. The van der Waals surface area contributed by atoms with E-state index in [9.17, 15) is 14.4 Å². The van der Waals surface area contributed by atoms with Crippen molar-refractivity contribution in [1.82, 2.24) is 5.43 Å². The van der Waals surface area contributed by atoms with Crippen LogP contribution < -0.4 is 20.8 Å². The van der Waals surface area contributed by atoms with Gasteiger partial charge in [-0.1, -0.05) is 45.7 Å². The summed E-state index contributed by atoms with van der Waals surface area (Å²) in [5, 5.41) is 9.35. The molecule has 0 aliphatic carbocycles. The van der Waals surface area contributed by atoms with E-state index in [-0.39, 0.29) is 12.5 Å². The van der Waals surface area contributed by atoms with Gasteiger partial charge >= 0.3 is 11.8 Å². The van der Waals surface area contributed by atoms with E-state index in [0.717, 1.165) is 4.47 Å². The number of hydrogen-bond acceptors (Lipinski definition) is 5. The van der Waals surface area contributed by atoms with Crippen LogP contribution in [0, 0.1) is 0 Å². The van der Waals surface area contributed by atoms with E-state index in [0.29, 0.717) is 27.7 Å². The van der Waals surface area contributed by atoms with Crippen LogP contribution in [0.3, 0.4) is 0 Å². The van der Waals surface area contributed by atoms with Gasteiger partial charge in [-0.25, -0.2) is 5.43 Å². The molecule has 3 aromatic carbocycles. The molecule has 0 aromatic heterocycles. The third kappa shape index (κ3) is 8.06. The Morgan fingerprint density at radius 3 is 2.42 bits per heavy atom. The number of nitrogens with one attached hydrogen (secondary N) is 3. The first-order chi connectivity index (χ1) is 15.9. The smallest absolute Gasteiger partial charge is 0.329 e. The van der Waals surface area contributed by atoms with Crippen LogP contribution in [0.2, 0.25) is 5.02 Å². The van der Waals surface area contributed by atoms with Crippen molar-refractivity contribution in [3.05, 3.63) is 87.9 Å². The molecule has 0 radical (unpaired) electrons. The first-order valence-electron chi connectivity index (χ1n) is 9.57. The fourth-order valence-corrected chi connectivity index (χ4v) is 2.99. The van der Waals surface area contributed by atoms with Crippen LogP contribution in [0.25, 0.3) is 0 Å². The minimum absolute atomic E-state index is 0.183. The lowest BCUT2D eigenvalue weighted by molar-refractivity contribution is -0.136. The van der Waals surface area contributed by atoms with Gasteiger partial charge in [-0.15, -0.1) is 0 Å². The Balaban J connectivity index is 1.47. The molecule has 0 unspecified atom stereocenters. The maximum Gasteiger partial charge on any atom is 0.329 e. The fraction of sp³-hybridized carbons (Fsp3) is 0.0435. The van der Waals surface area contributed by atoms with Gasteiger partial charge in [0, 0.05) is 20.9 Å². The Bertz CT molecular complexity index is 1190. The molecule has 3 amide bonds. The SMILES string of the molecule is O=C(COc1cccc(/C=N\NC(=O)C(=O)Nc2cccc(Cl)c2)c1)Nc1ccc(Br)cc1. The molecular weight excluding hydrogens is 512 g/mol. The molecule has 33 heavy (non-hydrogen) atoms. The van der Waals surface area contributed by atoms with Crippen molar-refractivity contribution in [2.75, 3.05) is 17.2 Å². The molecule has 8 nitrogen and oxygen atoms in total. The number of ether oxygens (including phenoxy) is 1. The largest absolute Gasteiger partial charge is 0.484 e. The third-order valence-electron chi connectivity index (χ3n) is 4.02. The summed E-state index contributed by atoms with van der Waals surface area (Å²) in [4.78, 5) is 35.9. The standard InChI is InChI=1S/C23H18BrClN4O4/c24-16-7-9-18(10-8-16)27-21(30)14-33-20-6-1-3-15(11-20)13-26-29-23(32)22(31)28-19-5-2-4-17(25)12-19/h1-13H,14H2,(H,27,30)(H,28,31)(H,29,32)/b26-13-. The van der Waals surface area contributed by atoms with Crippen LogP contribution in [0.1, 0.15) is 5.56 Å². The summed E-state index contributed by atoms with van der Waals surface area (Å²) in [5.41, 5.74) is 3.78. The van der Waals surface area contributed by atoms with Gasteiger partial charge in [0.05, 0.1) is 6.21 Å². The predicted octanol–water partition coefficient (Wildman–Crippen LogP) is 4.21. The molecule has 0 fully saturated rings. The molecule has 0 aliphatic heterocycles. The van der Waals surface area contributed by atoms with Gasteiger partial charge in [0.2, 0.25) is 0 Å². The average molecular weight is 530 g/mol. The molecule has 0 saturated carbocycles. The molecular formula is C23H18BrClN4O4. The van der Waals surface area contributed by atoms with Crippen LogP contribution in [0.15, 0.2) is 82.4 Å². The molecule has 0 atom stereocenters. The molecule has 0 spiro atoms. The first kappa shape index (κ1) is 24.0. The highest BCUT2D eigenvalue weighted by atomic mass is 79.9. The second kappa shape index (κ2) is 11.8. The highest BCUT2D eigenvalue weighted by Crippen LogP contribution is 2.16. The number of hydrazone groups is 1. The molecule has 168 valence electrons. The van der Waals surface area contributed by atoms with Gasteiger partial charge in [0.1, 0.15) is 5.75 Å². The zero-order chi connectivity index (χ0) is 23.6. The zero-order valence-corrected chi connectivity index (χ0v) is 19.4. The summed E-state index contributed by atoms with van der Waals surface area (Å²) in [6.07, 6.45) is 1.35. The first-order valence-corrected chi connectivity index (χ1v) is 10.7. The number of benzene rings is 3. The Kier molecular flexibility index (Phi) is 8.56. The van der Waals surface area contributed by atoms with Gasteiger partial charge in [-0.2, -0.15) is 5.10 Å². The van der Waals surface area contributed by atoms with Crippen molar-refractivity contribution >= 4 is 62.8 Å². The third-order valence-corrected chi connectivity index (χ3v) is 4.79. The number of hydrogen-bond donors (Lipinski definition) is 3. The van der Waals surface area contributed by atoms with Crippen LogP contribution in [0.5, 0.6) is 5.75 Å². The van der Waals surface area contributed by atoms with Gasteiger partial charge in [-0.3, -0.25) is 14.4 Å². The Hall–Kier alpha value is -3.69. The maximum absolute atomic E-state index is 12.0. The summed E-state index contributed by atoms with van der Waals surface area (Å²) in [7, 11) is 0. The van der Waals surface area contributed by atoms with Crippen molar-refractivity contribution in [3.63, 3.8) is 0 Å². The average Bonchev–Trinajstić information content (AvgIpc) is 2.79. The van der Waals surface area contributed by atoms with Crippen LogP contribution >= 0.6 is 27.5 Å². The van der Waals surface area contributed by atoms with Gasteiger partial charge in [0.25, 0.3) is 5.91 Å². The fourth-order valence-electron chi connectivity index (χ4n) is 2.53. The lowest BCUT2D eigenvalue weighted by Gasteiger charge is -2.08. The van der Waals surface area contributed by atoms with E-state index in [1.54, 1.807) is 54.6 Å². The Labute approximate surface area is 203 Å². The van der Waals surface area contributed by atoms with Crippen molar-refractivity contribution in [1.29, 1.82) is 0 Å². The summed E-state index contributed by atoms with van der Waals surface area (Å²) in [6, 6.07) is 20.3. The van der Waals surface area contributed by atoms with Gasteiger partial charge < -0.3 is 15.4 Å². The van der Waals surface area contributed by atoms with Crippen molar-refractivity contribution in [2.24, 2.45) is 5.10 Å². The number of halogens is 2. The number of carbonyl (C=O) groups is 3. The van der Waals surface area contributed by atoms with E-state index in [1.807, 2.05) is 12.1 Å². The minimum Gasteiger partial charge on any atom is -0.484 e. The van der Waals surface area contributed by atoms with Gasteiger partial charge in [-0.05, 0) is 60.2 Å². The number of rotatable bonds is 7. The van der Waals surface area contributed by atoms with Crippen LogP contribution in [-0.4, -0.2) is 30.5 Å². The second-order valence-electron chi connectivity index (χ2n) is 6.58. The van der Waals surface area contributed by atoms with E-state index in [4.69, 9.17) is 16.3 Å². The molecule has 0 heterocycles. The lowest BCUT2D eigenvalue weighted by atomic mass is 10.2. The lowest BCUT2D eigenvalue weighted by Crippen LogP contribution is -2.32. The van der Waals surface area contributed by atoms with Gasteiger partial charge in [0.15, 0.2) is 6.61 Å². The molecule has 0 saturated heterocycles. The summed E-state index contributed by atoms with van der Waals surface area (Å²) in [6.45, 7) is -0.183. The van der Waals surface area contributed by atoms with Crippen molar-refractivity contribution in [2.45, 2.75) is 0 Å². The number of amides is 3. The molecule has 10 heteroatoms. The quantitative estimate of drug-likeness (QED) is 0.242. The molecule has 3 rings (SSSR count). The predicted molar refractivity (Wildman–Crippen MR) is 131 cm³/mol. The van der Waals surface area contributed by atoms with Crippen LogP contribution in [0.4, 0.5) is 11.4 Å². The highest BCUT2D eigenvalue weighted by molar-refractivity contribution is 9.10. The summed E-state index contributed by atoms with van der Waals surface area (Å²) >= 11 is 9.18. The topological polar surface area (TPSA) is 109 Å². The van der Waals surface area contributed by atoms with E-state index >= 15 is 0 Å². The van der Waals surface area contributed by atoms with E-state index in [2.05, 4.69) is 37.1 Å². The number of nitrogens with zero attached hydrogens (tertiary/aromatic N) is 1. The highest BCUT2D eigenvalue weighted by Gasteiger charge is 2.13.